The minimum Gasteiger partial charge on any atom is -0.358 e. The normalized spacial score (nSPS) is 12.7. The van der Waals surface area contributed by atoms with Gasteiger partial charge in [0.05, 0.1) is 6.04 Å². The molecule has 1 amide bonds. The number of likely N-dealkylation sites (N-methyl/N-ethyl adjacent to an activating group) is 1. The SMILES string of the molecule is CNC(=O)C(C)NCCS. The highest BCUT2D eigenvalue weighted by Gasteiger charge is 2.07. The van der Waals surface area contributed by atoms with Gasteiger partial charge < -0.3 is 10.6 Å². The van der Waals surface area contributed by atoms with E-state index < -0.39 is 0 Å². The zero-order valence-electron chi connectivity index (χ0n) is 6.35. The lowest BCUT2D eigenvalue weighted by Crippen LogP contribution is -2.41. The van der Waals surface area contributed by atoms with E-state index in [0.29, 0.717) is 0 Å². The number of carbonyl (C=O) groups is 1. The quantitative estimate of drug-likeness (QED) is 0.494. The molecule has 0 saturated heterocycles. The van der Waals surface area contributed by atoms with Crippen molar-refractivity contribution >= 4 is 18.5 Å². The van der Waals surface area contributed by atoms with Gasteiger partial charge >= 0.3 is 0 Å². The molecule has 0 bridgehead atoms. The summed E-state index contributed by atoms with van der Waals surface area (Å²) >= 11 is 4.00. The topological polar surface area (TPSA) is 41.1 Å². The van der Waals surface area contributed by atoms with Crippen LogP contribution >= 0.6 is 12.6 Å². The van der Waals surface area contributed by atoms with Crippen LogP contribution in [0, 0.1) is 0 Å². The molecule has 0 aliphatic carbocycles. The molecule has 0 radical (unpaired) electrons. The van der Waals surface area contributed by atoms with Gasteiger partial charge in [0.2, 0.25) is 5.91 Å². The van der Waals surface area contributed by atoms with Crippen LogP contribution in [-0.4, -0.2) is 31.3 Å². The van der Waals surface area contributed by atoms with Crippen LogP contribution in [0.4, 0.5) is 0 Å². The number of hydrogen-bond donors (Lipinski definition) is 3. The van der Waals surface area contributed by atoms with Crippen molar-refractivity contribution < 1.29 is 4.79 Å². The van der Waals surface area contributed by atoms with Gasteiger partial charge in [-0.15, -0.1) is 0 Å². The third-order valence-corrected chi connectivity index (χ3v) is 1.43. The number of amides is 1. The maximum absolute atomic E-state index is 10.8. The van der Waals surface area contributed by atoms with Gasteiger partial charge in [0.15, 0.2) is 0 Å². The number of nitrogens with one attached hydrogen (secondary N) is 2. The zero-order chi connectivity index (χ0) is 7.98. The Kier molecular flexibility index (Phi) is 5.43. The van der Waals surface area contributed by atoms with E-state index in [4.69, 9.17) is 0 Å². The van der Waals surface area contributed by atoms with E-state index in [9.17, 15) is 4.79 Å². The van der Waals surface area contributed by atoms with Crippen LogP contribution in [0.5, 0.6) is 0 Å². The first-order valence-corrected chi connectivity index (χ1v) is 3.91. The van der Waals surface area contributed by atoms with Gasteiger partial charge in [-0.1, -0.05) is 0 Å². The Morgan fingerprint density at radius 1 is 1.70 bits per heavy atom. The second-order valence-corrected chi connectivity index (χ2v) is 2.46. The molecule has 0 fully saturated rings. The van der Waals surface area contributed by atoms with E-state index >= 15 is 0 Å². The van der Waals surface area contributed by atoms with E-state index in [1.54, 1.807) is 7.05 Å². The Bertz CT molecular complexity index is 108. The van der Waals surface area contributed by atoms with Crippen LogP contribution in [0.1, 0.15) is 6.92 Å². The molecule has 0 rings (SSSR count). The van der Waals surface area contributed by atoms with E-state index in [1.165, 1.54) is 0 Å². The van der Waals surface area contributed by atoms with E-state index in [2.05, 4.69) is 23.3 Å². The molecule has 1 atom stereocenters. The van der Waals surface area contributed by atoms with Crippen LogP contribution in [0.25, 0.3) is 0 Å². The smallest absolute Gasteiger partial charge is 0.236 e. The monoisotopic (exact) mass is 162 g/mol. The van der Waals surface area contributed by atoms with Gasteiger partial charge in [-0.2, -0.15) is 12.6 Å². The van der Waals surface area contributed by atoms with Crippen LogP contribution in [-0.2, 0) is 4.79 Å². The van der Waals surface area contributed by atoms with E-state index in [0.717, 1.165) is 12.3 Å². The standard InChI is InChI=1S/C6H14N2OS/c1-5(6(9)7-2)8-3-4-10/h5,8,10H,3-4H2,1-2H3,(H,7,9). The summed E-state index contributed by atoms with van der Waals surface area (Å²) in [6.07, 6.45) is 0. The molecule has 2 N–H and O–H groups in total. The summed E-state index contributed by atoms with van der Waals surface area (Å²) < 4.78 is 0. The van der Waals surface area contributed by atoms with Gasteiger partial charge in [0.1, 0.15) is 0 Å². The van der Waals surface area contributed by atoms with Crippen LogP contribution in [0.15, 0.2) is 0 Å². The van der Waals surface area contributed by atoms with Gasteiger partial charge in [-0.05, 0) is 6.92 Å². The molecular formula is C6H14N2OS. The molecular weight excluding hydrogens is 148 g/mol. The summed E-state index contributed by atoms with van der Waals surface area (Å²) in [5.74, 6) is 0.767. The molecule has 0 aromatic carbocycles. The molecule has 0 aliphatic rings. The van der Waals surface area contributed by atoms with E-state index in [-0.39, 0.29) is 11.9 Å². The second kappa shape index (κ2) is 5.56. The van der Waals surface area contributed by atoms with Crippen molar-refractivity contribution in [1.82, 2.24) is 10.6 Å². The van der Waals surface area contributed by atoms with Crippen LogP contribution < -0.4 is 10.6 Å². The molecule has 1 unspecified atom stereocenters. The van der Waals surface area contributed by atoms with Gasteiger partial charge in [0, 0.05) is 19.3 Å². The first-order valence-electron chi connectivity index (χ1n) is 3.28. The number of carbonyl (C=O) groups excluding carboxylic acids is 1. The van der Waals surface area contributed by atoms with Crippen molar-refractivity contribution in [3.05, 3.63) is 0 Å². The average molecular weight is 162 g/mol. The Morgan fingerprint density at radius 2 is 2.30 bits per heavy atom. The predicted octanol–water partition coefficient (Wildman–Crippen LogP) is -0.360. The number of thiol groups is 1. The Balaban J connectivity index is 3.41. The fraction of sp³-hybridized carbons (Fsp3) is 0.833. The lowest BCUT2D eigenvalue weighted by Gasteiger charge is -2.09. The third-order valence-electron chi connectivity index (χ3n) is 1.20. The minimum absolute atomic E-state index is 0.0155. The number of rotatable bonds is 4. The van der Waals surface area contributed by atoms with Gasteiger partial charge in [-0.3, -0.25) is 4.79 Å². The van der Waals surface area contributed by atoms with Gasteiger partial charge in [-0.25, -0.2) is 0 Å². The zero-order valence-corrected chi connectivity index (χ0v) is 7.24. The molecule has 60 valence electrons. The molecule has 0 aromatic rings. The first-order chi connectivity index (χ1) is 4.72. The summed E-state index contributed by atoms with van der Waals surface area (Å²) in [5, 5.41) is 5.54. The maximum atomic E-state index is 10.8. The lowest BCUT2D eigenvalue weighted by molar-refractivity contribution is -0.122. The lowest BCUT2D eigenvalue weighted by atomic mass is 10.3. The van der Waals surface area contributed by atoms with Crippen molar-refractivity contribution in [1.29, 1.82) is 0 Å². The average Bonchev–Trinajstić information content (AvgIpc) is 1.98. The highest BCUT2D eigenvalue weighted by Crippen LogP contribution is 1.80. The van der Waals surface area contributed by atoms with Crippen molar-refractivity contribution in [2.45, 2.75) is 13.0 Å². The van der Waals surface area contributed by atoms with Gasteiger partial charge in [0.25, 0.3) is 0 Å². The molecule has 3 nitrogen and oxygen atoms in total. The molecule has 0 aromatic heterocycles. The Hall–Kier alpha value is -0.220. The Morgan fingerprint density at radius 3 is 2.70 bits per heavy atom. The second-order valence-electron chi connectivity index (χ2n) is 2.01. The summed E-state index contributed by atoms with van der Waals surface area (Å²) in [6.45, 7) is 2.58. The highest BCUT2D eigenvalue weighted by atomic mass is 32.1. The Labute approximate surface area is 67.0 Å². The highest BCUT2D eigenvalue weighted by molar-refractivity contribution is 7.80. The van der Waals surface area contributed by atoms with Crippen LogP contribution in [0.2, 0.25) is 0 Å². The van der Waals surface area contributed by atoms with Crippen LogP contribution in [0.3, 0.4) is 0 Å². The van der Waals surface area contributed by atoms with Crippen molar-refractivity contribution in [3.63, 3.8) is 0 Å². The summed E-state index contributed by atoms with van der Waals surface area (Å²) in [6, 6.07) is -0.114. The maximum Gasteiger partial charge on any atom is 0.236 e. The summed E-state index contributed by atoms with van der Waals surface area (Å²) in [7, 11) is 1.63. The van der Waals surface area contributed by atoms with Crippen molar-refractivity contribution in [2.75, 3.05) is 19.3 Å². The predicted molar refractivity (Wildman–Crippen MR) is 45.4 cm³/mol. The molecule has 10 heavy (non-hydrogen) atoms. The molecule has 0 spiro atoms. The first kappa shape index (κ1) is 9.78. The summed E-state index contributed by atoms with van der Waals surface area (Å²) in [4.78, 5) is 10.8. The molecule has 0 saturated carbocycles. The molecule has 0 heterocycles. The summed E-state index contributed by atoms with van der Waals surface area (Å²) in [5.41, 5.74) is 0. The fourth-order valence-corrected chi connectivity index (χ4v) is 0.719. The third kappa shape index (κ3) is 3.74. The largest absolute Gasteiger partial charge is 0.358 e. The minimum atomic E-state index is -0.114. The van der Waals surface area contributed by atoms with E-state index in [1.807, 2.05) is 6.92 Å². The molecule has 0 aliphatic heterocycles. The van der Waals surface area contributed by atoms with Crippen molar-refractivity contribution in [3.8, 4) is 0 Å². The number of hydrogen-bond acceptors (Lipinski definition) is 3. The fourth-order valence-electron chi connectivity index (χ4n) is 0.590. The molecule has 4 heteroatoms. The van der Waals surface area contributed by atoms with Crippen molar-refractivity contribution in [2.24, 2.45) is 0 Å².